The Morgan fingerprint density at radius 3 is 2.72 bits per heavy atom. The summed E-state index contributed by atoms with van der Waals surface area (Å²) in [7, 11) is 1.70. The van der Waals surface area contributed by atoms with E-state index in [0.717, 1.165) is 29.6 Å². The standard InChI is InChI=1S/C19H28N4O2/c1-13-15(14(2)22-21-13)7-8-19(24)20-17-5-4-6-18-16(17)9-10-23(18)11-12-25-3/h4-6,9-10,13-15,21-22H,7-8,11-12H2,1-3H3,(H,20,24). The molecule has 3 rings (SSSR count). The molecule has 136 valence electrons. The van der Waals surface area contributed by atoms with Gasteiger partial charge in [0.2, 0.25) is 5.91 Å². The van der Waals surface area contributed by atoms with Gasteiger partial charge in [0.1, 0.15) is 0 Å². The molecule has 25 heavy (non-hydrogen) atoms. The third-order valence-electron chi connectivity index (χ3n) is 5.15. The van der Waals surface area contributed by atoms with Gasteiger partial charge in [-0.25, -0.2) is 0 Å². The van der Waals surface area contributed by atoms with Crippen LogP contribution >= 0.6 is 0 Å². The van der Waals surface area contributed by atoms with Crippen LogP contribution in [-0.4, -0.2) is 36.3 Å². The lowest BCUT2D eigenvalue weighted by Gasteiger charge is -2.17. The predicted octanol–water partition coefficient (Wildman–Crippen LogP) is 2.51. The third-order valence-corrected chi connectivity index (χ3v) is 5.15. The maximum Gasteiger partial charge on any atom is 0.224 e. The molecular weight excluding hydrogens is 316 g/mol. The topological polar surface area (TPSA) is 67.3 Å². The first-order chi connectivity index (χ1) is 12.1. The van der Waals surface area contributed by atoms with Crippen LogP contribution < -0.4 is 16.2 Å². The van der Waals surface area contributed by atoms with Crippen molar-refractivity contribution in [2.75, 3.05) is 19.0 Å². The van der Waals surface area contributed by atoms with E-state index in [1.807, 2.05) is 18.3 Å². The van der Waals surface area contributed by atoms with Crippen LogP contribution in [0.2, 0.25) is 0 Å². The number of hydrazine groups is 1. The Balaban J connectivity index is 1.64. The molecule has 1 aliphatic heterocycles. The number of nitrogens with zero attached hydrogens (tertiary/aromatic N) is 1. The van der Waals surface area contributed by atoms with E-state index in [-0.39, 0.29) is 5.91 Å². The number of hydrogen-bond donors (Lipinski definition) is 3. The molecule has 1 saturated heterocycles. The highest BCUT2D eigenvalue weighted by atomic mass is 16.5. The van der Waals surface area contributed by atoms with Gasteiger partial charge in [-0.1, -0.05) is 6.07 Å². The van der Waals surface area contributed by atoms with E-state index < -0.39 is 0 Å². The van der Waals surface area contributed by atoms with Crippen LogP contribution in [-0.2, 0) is 16.1 Å². The van der Waals surface area contributed by atoms with Gasteiger partial charge in [0.05, 0.1) is 17.8 Å². The van der Waals surface area contributed by atoms with Crippen LogP contribution in [0.4, 0.5) is 5.69 Å². The van der Waals surface area contributed by atoms with E-state index in [4.69, 9.17) is 4.74 Å². The van der Waals surface area contributed by atoms with Gasteiger partial charge in [-0.3, -0.25) is 15.6 Å². The Hall–Kier alpha value is -1.89. The zero-order valence-corrected chi connectivity index (χ0v) is 15.2. The quantitative estimate of drug-likeness (QED) is 0.722. The monoisotopic (exact) mass is 344 g/mol. The van der Waals surface area contributed by atoms with Crippen LogP contribution in [0.1, 0.15) is 26.7 Å². The fourth-order valence-electron chi connectivity index (χ4n) is 3.64. The number of fused-ring (bicyclic) bond motifs is 1. The average molecular weight is 344 g/mol. The Morgan fingerprint density at radius 1 is 1.24 bits per heavy atom. The molecule has 1 aromatic carbocycles. The molecule has 1 fully saturated rings. The fraction of sp³-hybridized carbons (Fsp3) is 0.526. The van der Waals surface area contributed by atoms with Crippen LogP contribution in [0, 0.1) is 5.92 Å². The van der Waals surface area contributed by atoms with Gasteiger partial charge in [0.15, 0.2) is 0 Å². The fourth-order valence-corrected chi connectivity index (χ4v) is 3.64. The van der Waals surface area contributed by atoms with E-state index in [0.29, 0.717) is 31.0 Å². The number of benzene rings is 1. The first-order valence-corrected chi connectivity index (χ1v) is 8.98. The molecule has 1 aromatic heterocycles. The summed E-state index contributed by atoms with van der Waals surface area (Å²) in [5, 5.41) is 4.15. The highest BCUT2D eigenvalue weighted by molar-refractivity contribution is 6.01. The minimum Gasteiger partial charge on any atom is -0.383 e. The SMILES string of the molecule is COCCn1ccc2c(NC(=O)CCC3C(C)NNC3C)cccc21. The van der Waals surface area contributed by atoms with Gasteiger partial charge >= 0.3 is 0 Å². The maximum atomic E-state index is 12.4. The molecule has 6 heteroatoms. The van der Waals surface area contributed by atoms with Gasteiger partial charge < -0.3 is 14.6 Å². The summed E-state index contributed by atoms with van der Waals surface area (Å²) in [6.45, 7) is 5.78. The molecule has 2 unspecified atom stereocenters. The van der Waals surface area contributed by atoms with Gasteiger partial charge in [0, 0.05) is 43.7 Å². The van der Waals surface area contributed by atoms with Crippen molar-refractivity contribution in [2.24, 2.45) is 5.92 Å². The zero-order chi connectivity index (χ0) is 17.8. The predicted molar refractivity (Wildman–Crippen MR) is 100 cm³/mol. The number of methoxy groups -OCH3 is 1. The summed E-state index contributed by atoms with van der Waals surface area (Å²) < 4.78 is 7.30. The highest BCUT2D eigenvalue weighted by Gasteiger charge is 2.29. The molecule has 0 aliphatic carbocycles. The van der Waals surface area contributed by atoms with Crippen molar-refractivity contribution in [3.05, 3.63) is 30.5 Å². The normalized spacial score (nSPS) is 23.2. The van der Waals surface area contributed by atoms with Gasteiger partial charge in [-0.15, -0.1) is 0 Å². The number of hydrogen-bond acceptors (Lipinski definition) is 4. The molecule has 0 radical (unpaired) electrons. The van der Waals surface area contributed by atoms with E-state index >= 15 is 0 Å². The Bertz CT molecular complexity index is 717. The zero-order valence-electron chi connectivity index (χ0n) is 15.2. The summed E-state index contributed by atoms with van der Waals surface area (Å²) in [4.78, 5) is 12.4. The number of anilines is 1. The van der Waals surface area contributed by atoms with E-state index in [9.17, 15) is 4.79 Å². The summed E-state index contributed by atoms with van der Waals surface area (Å²) >= 11 is 0. The van der Waals surface area contributed by atoms with Crippen LogP contribution in [0.15, 0.2) is 30.5 Å². The minimum atomic E-state index is 0.0726. The number of rotatable bonds is 7. The lowest BCUT2D eigenvalue weighted by Crippen LogP contribution is -2.30. The molecular formula is C19H28N4O2. The van der Waals surface area contributed by atoms with Crippen molar-refractivity contribution in [1.82, 2.24) is 15.4 Å². The van der Waals surface area contributed by atoms with Crippen LogP contribution in [0.3, 0.4) is 0 Å². The molecule has 3 N–H and O–H groups in total. The molecule has 2 atom stereocenters. The van der Waals surface area contributed by atoms with Crippen molar-refractivity contribution in [1.29, 1.82) is 0 Å². The highest BCUT2D eigenvalue weighted by Crippen LogP contribution is 2.25. The summed E-state index contributed by atoms with van der Waals surface area (Å²) in [5.41, 5.74) is 8.47. The second-order valence-corrected chi connectivity index (χ2v) is 6.86. The second-order valence-electron chi connectivity index (χ2n) is 6.86. The second kappa shape index (κ2) is 7.99. The molecule has 0 saturated carbocycles. The van der Waals surface area contributed by atoms with Crippen molar-refractivity contribution < 1.29 is 9.53 Å². The first kappa shape index (κ1) is 17.9. The number of carbonyl (C=O) groups excluding carboxylic acids is 1. The smallest absolute Gasteiger partial charge is 0.224 e. The average Bonchev–Trinajstić information content (AvgIpc) is 3.15. The molecule has 0 bridgehead atoms. The minimum absolute atomic E-state index is 0.0726. The first-order valence-electron chi connectivity index (χ1n) is 8.98. The lowest BCUT2D eigenvalue weighted by atomic mass is 9.91. The summed E-state index contributed by atoms with van der Waals surface area (Å²) in [5.74, 6) is 0.542. The molecule has 0 spiro atoms. The molecule has 6 nitrogen and oxygen atoms in total. The van der Waals surface area contributed by atoms with E-state index in [1.54, 1.807) is 7.11 Å². The number of amides is 1. The van der Waals surface area contributed by atoms with Gasteiger partial charge in [0.25, 0.3) is 0 Å². The summed E-state index contributed by atoms with van der Waals surface area (Å²) in [6, 6.07) is 8.85. The van der Waals surface area contributed by atoms with Crippen molar-refractivity contribution in [2.45, 2.75) is 45.3 Å². The number of ether oxygens (including phenoxy) is 1. The van der Waals surface area contributed by atoms with E-state index in [1.165, 1.54) is 0 Å². The lowest BCUT2D eigenvalue weighted by molar-refractivity contribution is -0.116. The number of aromatic nitrogens is 1. The molecule has 1 aliphatic rings. The molecule has 2 heterocycles. The van der Waals surface area contributed by atoms with Crippen molar-refractivity contribution >= 4 is 22.5 Å². The van der Waals surface area contributed by atoms with E-state index in [2.05, 4.69) is 46.7 Å². The summed E-state index contributed by atoms with van der Waals surface area (Å²) in [6.07, 6.45) is 3.45. The third kappa shape index (κ3) is 4.03. The Morgan fingerprint density at radius 2 is 2.00 bits per heavy atom. The largest absolute Gasteiger partial charge is 0.383 e. The number of nitrogens with one attached hydrogen (secondary N) is 3. The van der Waals surface area contributed by atoms with Gasteiger partial charge in [-0.05, 0) is 44.4 Å². The Kier molecular flexibility index (Phi) is 5.73. The van der Waals surface area contributed by atoms with Crippen molar-refractivity contribution in [3.8, 4) is 0 Å². The van der Waals surface area contributed by atoms with Crippen molar-refractivity contribution in [3.63, 3.8) is 0 Å². The Labute approximate surface area is 148 Å². The van der Waals surface area contributed by atoms with Gasteiger partial charge in [-0.2, -0.15) is 0 Å². The van der Waals surface area contributed by atoms with Crippen LogP contribution in [0.25, 0.3) is 10.9 Å². The maximum absolute atomic E-state index is 12.4. The molecule has 1 amide bonds. The molecule has 2 aromatic rings. The van der Waals surface area contributed by atoms with Crippen LogP contribution in [0.5, 0.6) is 0 Å². The number of carbonyl (C=O) groups is 1.